The van der Waals surface area contributed by atoms with Gasteiger partial charge in [0, 0.05) is 0 Å². The van der Waals surface area contributed by atoms with E-state index in [4.69, 9.17) is 14.9 Å². The monoisotopic (exact) mass is 433 g/mol. The highest BCUT2D eigenvalue weighted by Gasteiger charge is 2.26. The van der Waals surface area contributed by atoms with E-state index in [9.17, 15) is 19.5 Å². The molecule has 0 saturated heterocycles. The fraction of sp³-hybridized carbons (Fsp3) is 0.450. The van der Waals surface area contributed by atoms with Crippen molar-refractivity contribution in [2.24, 2.45) is 5.73 Å². The number of rotatable bonds is 12. The molecular formula is C20H27N5O6. The first-order chi connectivity index (χ1) is 14.8. The predicted octanol–water partition coefficient (Wildman–Crippen LogP) is 1.99. The number of para-hydroxylation sites is 1. The Morgan fingerprint density at radius 2 is 1.94 bits per heavy atom. The number of nitrogens with one attached hydrogen (secondary N) is 2. The third-order valence-corrected chi connectivity index (χ3v) is 4.49. The van der Waals surface area contributed by atoms with Gasteiger partial charge in [-0.15, -0.1) is 10.2 Å². The fourth-order valence-electron chi connectivity index (χ4n) is 2.92. The van der Waals surface area contributed by atoms with E-state index in [1.165, 1.54) is 7.11 Å². The molecule has 3 amide bonds. The number of methoxy groups -OCH3 is 1. The molecule has 11 heteroatoms. The normalized spacial score (nSPS) is 12.6. The summed E-state index contributed by atoms with van der Waals surface area (Å²) in [5.41, 5.74) is 5.82. The van der Waals surface area contributed by atoms with E-state index in [1.54, 1.807) is 24.3 Å². The number of aromatic nitrogens is 2. The minimum absolute atomic E-state index is 0.0484. The van der Waals surface area contributed by atoms with Crippen molar-refractivity contribution in [1.29, 1.82) is 0 Å². The maximum Gasteiger partial charge on any atom is 0.326 e. The number of hydrogen-bond acceptors (Lipinski definition) is 7. The average Bonchev–Trinajstić information content (AvgIpc) is 3.22. The Hall–Kier alpha value is -3.63. The minimum atomic E-state index is -1.14. The summed E-state index contributed by atoms with van der Waals surface area (Å²) >= 11 is 0. The zero-order valence-corrected chi connectivity index (χ0v) is 17.5. The molecule has 1 aromatic carbocycles. The number of benzene rings is 1. The van der Waals surface area contributed by atoms with Gasteiger partial charge in [-0.25, -0.2) is 9.59 Å². The van der Waals surface area contributed by atoms with Gasteiger partial charge >= 0.3 is 12.0 Å². The summed E-state index contributed by atoms with van der Waals surface area (Å²) in [6.45, 7) is 1.99. The molecular weight excluding hydrogens is 406 g/mol. The SMILES string of the molecule is CCCCC[C@H](NC(=O)N[C@@H](CC(N)=O)c1nnc(-c2ccccc2OC)o1)C(=O)O. The Labute approximate surface area is 179 Å². The van der Waals surface area contributed by atoms with Gasteiger partial charge in [0.1, 0.15) is 17.8 Å². The van der Waals surface area contributed by atoms with Crippen LogP contribution in [0.3, 0.4) is 0 Å². The molecule has 2 atom stereocenters. The summed E-state index contributed by atoms with van der Waals surface area (Å²) < 4.78 is 10.9. The number of carboxylic acids is 1. The van der Waals surface area contributed by atoms with E-state index in [0.717, 1.165) is 12.8 Å². The molecule has 31 heavy (non-hydrogen) atoms. The molecule has 0 unspecified atom stereocenters. The van der Waals surface area contributed by atoms with Crippen LogP contribution < -0.4 is 21.1 Å². The maximum atomic E-state index is 12.4. The van der Waals surface area contributed by atoms with Gasteiger partial charge in [-0.1, -0.05) is 38.3 Å². The number of carbonyl (C=O) groups excluding carboxylic acids is 2. The highest BCUT2D eigenvalue weighted by molar-refractivity contribution is 5.83. The lowest BCUT2D eigenvalue weighted by molar-refractivity contribution is -0.139. The number of carbonyl (C=O) groups is 3. The van der Waals surface area contributed by atoms with Gasteiger partial charge in [-0.05, 0) is 18.6 Å². The van der Waals surface area contributed by atoms with Crippen molar-refractivity contribution >= 4 is 17.9 Å². The van der Waals surface area contributed by atoms with Crippen molar-refractivity contribution in [3.8, 4) is 17.2 Å². The van der Waals surface area contributed by atoms with Crippen molar-refractivity contribution < 1.29 is 28.6 Å². The summed E-state index contributed by atoms with van der Waals surface area (Å²) in [5.74, 6) is -1.26. The highest BCUT2D eigenvalue weighted by Crippen LogP contribution is 2.29. The molecule has 0 aliphatic heterocycles. The van der Waals surface area contributed by atoms with Gasteiger partial charge < -0.3 is 30.6 Å². The number of unbranched alkanes of at least 4 members (excludes halogenated alkanes) is 2. The lowest BCUT2D eigenvalue weighted by Gasteiger charge is -2.18. The number of carboxylic acid groups (broad SMARTS) is 1. The van der Waals surface area contributed by atoms with Gasteiger partial charge in [-0.3, -0.25) is 4.79 Å². The minimum Gasteiger partial charge on any atom is -0.496 e. The van der Waals surface area contributed by atoms with Crippen LogP contribution in [0.15, 0.2) is 28.7 Å². The van der Waals surface area contributed by atoms with Crippen LogP contribution in [0.5, 0.6) is 5.75 Å². The van der Waals surface area contributed by atoms with E-state index < -0.39 is 30.0 Å². The number of urea groups is 1. The van der Waals surface area contributed by atoms with Crippen molar-refractivity contribution in [2.75, 3.05) is 7.11 Å². The molecule has 1 aromatic heterocycles. The fourth-order valence-corrected chi connectivity index (χ4v) is 2.92. The van der Waals surface area contributed by atoms with Crippen LogP contribution in [0.2, 0.25) is 0 Å². The maximum absolute atomic E-state index is 12.4. The van der Waals surface area contributed by atoms with E-state index in [2.05, 4.69) is 20.8 Å². The number of amides is 3. The second-order valence-electron chi connectivity index (χ2n) is 6.87. The number of nitrogens with zero attached hydrogens (tertiary/aromatic N) is 2. The van der Waals surface area contributed by atoms with Gasteiger partial charge in [-0.2, -0.15) is 0 Å². The number of primary amides is 1. The Bertz CT molecular complexity index is 900. The van der Waals surface area contributed by atoms with Crippen LogP contribution in [0.1, 0.15) is 51.0 Å². The summed E-state index contributed by atoms with van der Waals surface area (Å²) in [4.78, 5) is 35.3. The molecule has 0 bridgehead atoms. The summed E-state index contributed by atoms with van der Waals surface area (Å²) in [6, 6.07) is 4.10. The predicted molar refractivity (Wildman–Crippen MR) is 110 cm³/mol. The first kappa shape index (κ1) is 23.6. The summed E-state index contributed by atoms with van der Waals surface area (Å²) in [5, 5.41) is 22.1. The topological polar surface area (TPSA) is 170 Å². The number of aliphatic carboxylic acids is 1. The van der Waals surface area contributed by atoms with Gasteiger partial charge in [0.25, 0.3) is 5.89 Å². The molecule has 0 spiro atoms. The first-order valence-electron chi connectivity index (χ1n) is 9.90. The quantitative estimate of drug-likeness (QED) is 0.368. The highest BCUT2D eigenvalue weighted by atomic mass is 16.5. The second kappa shape index (κ2) is 11.5. The Morgan fingerprint density at radius 1 is 1.19 bits per heavy atom. The lowest BCUT2D eigenvalue weighted by atomic mass is 10.1. The summed E-state index contributed by atoms with van der Waals surface area (Å²) in [7, 11) is 1.50. The van der Waals surface area contributed by atoms with Crippen molar-refractivity contribution in [3.05, 3.63) is 30.2 Å². The average molecular weight is 433 g/mol. The molecule has 1 heterocycles. The molecule has 2 aromatic rings. The molecule has 11 nitrogen and oxygen atoms in total. The van der Waals surface area contributed by atoms with Gasteiger partial charge in [0.2, 0.25) is 11.8 Å². The van der Waals surface area contributed by atoms with Crippen LogP contribution in [-0.4, -0.2) is 46.4 Å². The molecule has 0 fully saturated rings. The van der Waals surface area contributed by atoms with E-state index >= 15 is 0 Å². The second-order valence-corrected chi connectivity index (χ2v) is 6.87. The van der Waals surface area contributed by atoms with Crippen molar-refractivity contribution in [2.45, 2.75) is 51.1 Å². The number of nitrogens with two attached hydrogens (primary N) is 1. The molecule has 0 saturated carbocycles. The zero-order chi connectivity index (χ0) is 22.8. The van der Waals surface area contributed by atoms with E-state index in [0.29, 0.717) is 17.7 Å². The largest absolute Gasteiger partial charge is 0.496 e. The number of hydrogen-bond donors (Lipinski definition) is 4. The van der Waals surface area contributed by atoms with Crippen LogP contribution in [-0.2, 0) is 9.59 Å². The van der Waals surface area contributed by atoms with Crippen molar-refractivity contribution in [1.82, 2.24) is 20.8 Å². The molecule has 168 valence electrons. The van der Waals surface area contributed by atoms with Crippen LogP contribution >= 0.6 is 0 Å². The standard InChI is InChI=1S/C20H27N5O6/c1-3-4-5-9-13(19(27)28)22-20(29)23-14(11-16(21)26)18-25-24-17(31-18)12-8-6-7-10-15(12)30-2/h6-8,10,13-14H,3-5,9,11H2,1-2H3,(H2,21,26)(H,27,28)(H2,22,23,29)/t13-,14-/m0/s1. The zero-order valence-electron chi connectivity index (χ0n) is 17.5. The molecule has 5 N–H and O–H groups in total. The molecule has 2 rings (SSSR count). The van der Waals surface area contributed by atoms with Gasteiger partial charge in [0.15, 0.2) is 0 Å². The smallest absolute Gasteiger partial charge is 0.326 e. The van der Waals surface area contributed by atoms with Gasteiger partial charge in [0.05, 0.1) is 19.1 Å². The third kappa shape index (κ3) is 6.98. The third-order valence-electron chi connectivity index (χ3n) is 4.49. The van der Waals surface area contributed by atoms with Crippen LogP contribution in [0, 0.1) is 0 Å². The Balaban J connectivity index is 2.15. The van der Waals surface area contributed by atoms with Crippen LogP contribution in [0.25, 0.3) is 11.5 Å². The molecule has 0 aliphatic carbocycles. The molecule has 0 aliphatic rings. The van der Waals surface area contributed by atoms with E-state index in [1.807, 2.05) is 6.92 Å². The molecule has 0 radical (unpaired) electrons. The first-order valence-corrected chi connectivity index (χ1v) is 9.90. The summed E-state index contributed by atoms with van der Waals surface area (Å²) in [6.07, 6.45) is 2.41. The lowest BCUT2D eigenvalue weighted by Crippen LogP contribution is -2.47. The number of ether oxygens (including phenoxy) is 1. The van der Waals surface area contributed by atoms with Crippen LogP contribution in [0.4, 0.5) is 4.79 Å². The van der Waals surface area contributed by atoms with E-state index in [-0.39, 0.29) is 24.6 Å². The Kier molecular flexibility index (Phi) is 8.79. The Morgan fingerprint density at radius 3 is 2.58 bits per heavy atom. The van der Waals surface area contributed by atoms with Crippen molar-refractivity contribution in [3.63, 3.8) is 0 Å².